The van der Waals surface area contributed by atoms with E-state index in [4.69, 9.17) is 5.11 Å². The van der Waals surface area contributed by atoms with Crippen LogP contribution in [0.3, 0.4) is 0 Å². The summed E-state index contributed by atoms with van der Waals surface area (Å²) in [5.74, 6) is 0. The Morgan fingerprint density at radius 3 is 2.47 bits per heavy atom. The molecule has 7 nitrogen and oxygen atoms in total. The first kappa shape index (κ1) is 15.5. The van der Waals surface area contributed by atoms with Crippen molar-refractivity contribution >= 4 is 15.7 Å². The van der Waals surface area contributed by atoms with Gasteiger partial charge in [-0.05, 0) is 26.3 Å². The number of nitrogens with zero attached hydrogens (tertiary/aromatic N) is 1. The molecule has 0 aliphatic rings. The zero-order valence-electron chi connectivity index (χ0n) is 10.9. The van der Waals surface area contributed by atoms with Gasteiger partial charge in [0.05, 0.1) is 17.1 Å². The van der Waals surface area contributed by atoms with Gasteiger partial charge < -0.3 is 5.11 Å². The zero-order valence-corrected chi connectivity index (χ0v) is 11.7. The number of aliphatic hydroxyl groups is 1. The van der Waals surface area contributed by atoms with Gasteiger partial charge in [-0.1, -0.05) is 12.1 Å². The molecule has 0 amide bonds. The SMILES string of the molecule is Cc1cccc([N+](=O)[O-])c1S(=O)(=O)NC(C)(C)CO. The van der Waals surface area contributed by atoms with Crippen LogP contribution in [0.2, 0.25) is 0 Å². The fraction of sp³-hybridized carbons (Fsp3) is 0.455. The summed E-state index contributed by atoms with van der Waals surface area (Å²) in [4.78, 5) is 9.80. The highest BCUT2D eigenvalue weighted by atomic mass is 32.2. The summed E-state index contributed by atoms with van der Waals surface area (Å²) in [7, 11) is -4.09. The first-order valence-electron chi connectivity index (χ1n) is 5.49. The molecule has 1 aromatic carbocycles. The van der Waals surface area contributed by atoms with Crippen LogP contribution in [0.1, 0.15) is 19.4 Å². The Balaban J connectivity index is 3.41. The van der Waals surface area contributed by atoms with Gasteiger partial charge in [-0.15, -0.1) is 0 Å². The highest BCUT2D eigenvalue weighted by Gasteiger charge is 2.32. The second-order valence-corrected chi connectivity index (χ2v) is 6.45. The van der Waals surface area contributed by atoms with Crippen LogP contribution in [0.4, 0.5) is 5.69 Å². The normalized spacial score (nSPS) is 12.4. The molecule has 0 unspecified atom stereocenters. The largest absolute Gasteiger partial charge is 0.394 e. The van der Waals surface area contributed by atoms with Crippen molar-refractivity contribution in [3.05, 3.63) is 33.9 Å². The van der Waals surface area contributed by atoms with Crippen molar-refractivity contribution in [1.29, 1.82) is 0 Å². The van der Waals surface area contributed by atoms with Crippen LogP contribution in [0.5, 0.6) is 0 Å². The minimum absolute atomic E-state index is 0.274. The maximum atomic E-state index is 12.2. The van der Waals surface area contributed by atoms with Crippen molar-refractivity contribution in [2.75, 3.05) is 6.61 Å². The third kappa shape index (κ3) is 3.49. The molecule has 0 radical (unpaired) electrons. The van der Waals surface area contributed by atoms with E-state index in [0.29, 0.717) is 0 Å². The van der Waals surface area contributed by atoms with Crippen molar-refractivity contribution in [3.63, 3.8) is 0 Å². The van der Waals surface area contributed by atoms with Crippen LogP contribution in [0.25, 0.3) is 0 Å². The number of sulfonamides is 1. The van der Waals surface area contributed by atoms with Crippen LogP contribution >= 0.6 is 0 Å². The average molecular weight is 288 g/mol. The molecule has 0 saturated carbocycles. The molecular weight excluding hydrogens is 272 g/mol. The Morgan fingerprint density at radius 2 is 2.00 bits per heavy atom. The standard InChI is InChI=1S/C11H16N2O5S/c1-8-5-4-6-9(13(15)16)10(8)19(17,18)12-11(2,3)7-14/h4-6,12,14H,7H2,1-3H3. The van der Waals surface area contributed by atoms with Gasteiger partial charge in [-0.2, -0.15) is 0 Å². The van der Waals surface area contributed by atoms with Gasteiger partial charge in [0.25, 0.3) is 5.69 Å². The number of benzene rings is 1. The number of rotatable bonds is 5. The monoisotopic (exact) mass is 288 g/mol. The van der Waals surface area contributed by atoms with Gasteiger partial charge in [0.2, 0.25) is 10.0 Å². The summed E-state index contributed by atoms with van der Waals surface area (Å²) in [6, 6.07) is 4.03. The highest BCUT2D eigenvalue weighted by molar-refractivity contribution is 7.89. The van der Waals surface area contributed by atoms with E-state index in [0.717, 1.165) is 6.07 Å². The lowest BCUT2D eigenvalue weighted by Crippen LogP contribution is -2.46. The Kier molecular flexibility index (Phi) is 4.28. The average Bonchev–Trinajstić information content (AvgIpc) is 2.26. The third-order valence-corrected chi connectivity index (χ3v) is 4.35. The van der Waals surface area contributed by atoms with Crippen molar-refractivity contribution in [3.8, 4) is 0 Å². The molecule has 0 bridgehead atoms. The summed E-state index contributed by atoms with van der Waals surface area (Å²) in [6.45, 7) is 4.02. The minimum atomic E-state index is -4.09. The highest BCUT2D eigenvalue weighted by Crippen LogP contribution is 2.27. The maximum Gasteiger partial charge on any atom is 0.289 e. The van der Waals surface area contributed by atoms with Crippen molar-refractivity contribution in [2.24, 2.45) is 0 Å². The molecule has 0 saturated heterocycles. The van der Waals surface area contributed by atoms with Crippen LogP contribution in [0, 0.1) is 17.0 Å². The van der Waals surface area contributed by atoms with Crippen LogP contribution in [-0.4, -0.2) is 30.6 Å². The predicted molar refractivity (Wildman–Crippen MR) is 69.3 cm³/mol. The number of hydrogen-bond acceptors (Lipinski definition) is 5. The quantitative estimate of drug-likeness (QED) is 0.619. The van der Waals surface area contributed by atoms with Gasteiger partial charge >= 0.3 is 0 Å². The lowest BCUT2D eigenvalue weighted by Gasteiger charge is -2.23. The summed E-state index contributed by atoms with van der Waals surface area (Å²) >= 11 is 0. The molecule has 0 aromatic heterocycles. The van der Waals surface area contributed by atoms with Gasteiger partial charge in [0.15, 0.2) is 4.90 Å². The molecule has 2 N–H and O–H groups in total. The fourth-order valence-electron chi connectivity index (χ4n) is 1.58. The van der Waals surface area contributed by atoms with Crippen molar-refractivity contribution in [1.82, 2.24) is 4.72 Å². The lowest BCUT2D eigenvalue weighted by atomic mass is 10.1. The van der Waals surface area contributed by atoms with E-state index in [2.05, 4.69) is 4.72 Å². The number of nitro benzene ring substituents is 1. The van der Waals surface area contributed by atoms with E-state index >= 15 is 0 Å². The first-order chi connectivity index (χ1) is 8.60. The summed E-state index contributed by atoms with van der Waals surface area (Å²) in [6.07, 6.45) is 0. The smallest absolute Gasteiger partial charge is 0.289 e. The summed E-state index contributed by atoms with van der Waals surface area (Å²) in [5, 5.41) is 20.0. The molecule has 0 heterocycles. The Bertz CT molecular complexity index is 595. The first-order valence-corrected chi connectivity index (χ1v) is 6.98. The lowest BCUT2D eigenvalue weighted by molar-refractivity contribution is -0.387. The minimum Gasteiger partial charge on any atom is -0.394 e. The number of aryl methyl sites for hydroxylation is 1. The molecule has 1 rings (SSSR count). The van der Waals surface area contributed by atoms with E-state index in [1.54, 1.807) is 0 Å². The van der Waals surface area contributed by atoms with Gasteiger partial charge in [0, 0.05) is 6.07 Å². The zero-order chi connectivity index (χ0) is 14.8. The molecule has 106 valence electrons. The number of hydrogen-bond donors (Lipinski definition) is 2. The van der Waals surface area contributed by atoms with Gasteiger partial charge in [-0.3, -0.25) is 10.1 Å². The van der Waals surface area contributed by atoms with E-state index in [1.165, 1.54) is 32.9 Å². The molecule has 1 aromatic rings. The van der Waals surface area contributed by atoms with E-state index < -0.39 is 32.8 Å². The van der Waals surface area contributed by atoms with Crippen molar-refractivity contribution in [2.45, 2.75) is 31.2 Å². The van der Waals surface area contributed by atoms with Crippen molar-refractivity contribution < 1.29 is 18.4 Å². The Labute approximate surface area is 111 Å². The predicted octanol–water partition coefficient (Wildman–Crippen LogP) is 0.952. The topological polar surface area (TPSA) is 110 Å². The van der Waals surface area contributed by atoms with E-state index in [1.807, 2.05) is 0 Å². The van der Waals surface area contributed by atoms with Crippen LogP contribution in [0.15, 0.2) is 23.1 Å². The number of nitro groups is 1. The van der Waals surface area contributed by atoms with Gasteiger partial charge in [-0.25, -0.2) is 13.1 Å². The third-order valence-electron chi connectivity index (χ3n) is 2.46. The summed E-state index contributed by atoms with van der Waals surface area (Å²) in [5.41, 5.74) is -1.31. The molecule has 8 heteroatoms. The Morgan fingerprint density at radius 1 is 1.42 bits per heavy atom. The van der Waals surface area contributed by atoms with E-state index in [9.17, 15) is 18.5 Å². The fourth-order valence-corrected chi connectivity index (χ4v) is 3.38. The summed E-state index contributed by atoms with van der Waals surface area (Å²) < 4.78 is 26.7. The molecule has 0 fully saturated rings. The van der Waals surface area contributed by atoms with Gasteiger partial charge in [0.1, 0.15) is 0 Å². The van der Waals surface area contributed by atoms with E-state index in [-0.39, 0.29) is 10.5 Å². The second kappa shape index (κ2) is 5.24. The Hall–Kier alpha value is -1.51. The molecule has 0 aliphatic heterocycles. The molecule has 0 spiro atoms. The molecular formula is C11H16N2O5S. The molecule has 0 aliphatic carbocycles. The molecule has 19 heavy (non-hydrogen) atoms. The van der Waals surface area contributed by atoms with Crippen LogP contribution in [-0.2, 0) is 10.0 Å². The second-order valence-electron chi connectivity index (χ2n) is 4.83. The number of nitrogens with one attached hydrogen (secondary N) is 1. The molecule has 0 atom stereocenters. The van der Waals surface area contributed by atoms with Crippen LogP contribution < -0.4 is 4.72 Å². The maximum absolute atomic E-state index is 12.2. The number of aliphatic hydroxyl groups excluding tert-OH is 1.